The van der Waals surface area contributed by atoms with Crippen LogP contribution in [0.15, 0.2) is 57.9 Å². The van der Waals surface area contributed by atoms with Crippen molar-refractivity contribution in [1.29, 1.82) is 0 Å². The number of carbonyl (C=O) groups excluding carboxylic acids is 2. The molecule has 0 atom stereocenters. The zero-order chi connectivity index (χ0) is 21.6. The monoisotopic (exact) mass is 495 g/mol. The second-order valence-corrected chi connectivity index (χ2v) is 9.48. The molecule has 0 unspecified atom stereocenters. The van der Waals surface area contributed by atoms with Gasteiger partial charge >= 0.3 is 11.8 Å². The van der Waals surface area contributed by atoms with Gasteiger partial charge in [0.2, 0.25) is 10.0 Å². The standard InChI is InChI=1S/C20H22BrN3O5S/c21-16-3-5-17(6-4-16)23-20(26)19(25)22-10-9-15-1-7-18(8-2-15)30(27,28)24-11-13-29-14-12-24/h1-8H,9-14H2,(H,22,25)(H,23,26). The van der Waals surface area contributed by atoms with Gasteiger partial charge in [0.1, 0.15) is 0 Å². The van der Waals surface area contributed by atoms with E-state index in [1.807, 2.05) is 0 Å². The third kappa shape index (κ3) is 5.88. The Kier molecular flexibility index (Phi) is 7.59. The number of benzene rings is 2. The molecule has 1 aliphatic rings. The van der Waals surface area contributed by atoms with Crippen molar-refractivity contribution in [2.24, 2.45) is 0 Å². The van der Waals surface area contributed by atoms with E-state index in [9.17, 15) is 18.0 Å². The molecule has 0 aliphatic carbocycles. The summed E-state index contributed by atoms with van der Waals surface area (Å²) in [6.45, 7) is 1.73. The second kappa shape index (κ2) is 10.2. The SMILES string of the molecule is O=C(NCCc1ccc(S(=O)(=O)N2CCOCC2)cc1)C(=O)Nc1ccc(Br)cc1. The fourth-order valence-electron chi connectivity index (χ4n) is 2.89. The molecule has 0 bridgehead atoms. The molecule has 2 N–H and O–H groups in total. The highest BCUT2D eigenvalue weighted by molar-refractivity contribution is 9.10. The summed E-state index contributed by atoms with van der Waals surface area (Å²) in [7, 11) is -3.53. The fourth-order valence-corrected chi connectivity index (χ4v) is 4.56. The van der Waals surface area contributed by atoms with Gasteiger partial charge in [0.05, 0.1) is 18.1 Å². The van der Waals surface area contributed by atoms with E-state index in [1.165, 1.54) is 4.31 Å². The summed E-state index contributed by atoms with van der Waals surface area (Å²) in [6.07, 6.45) is 0.467. The van der Waals surface area contributed by atoms with Gasteiger partial charge in [-0.2, -0.15) is 4.31 Å². The van der Waals surface area contributed by atoms with Crippen molar-refractivity contribution in [3.05, 3.63) is 58.6 Å². The Balaban J connectivity index is 1.48. The van der Waals surface area contributed by atoms with Crippen molar-refractivity contribution in [2.75, 3.05) is 38.2 Å². The number of ether oxygens (including phenoxy) is 1. The van der Waals surface area contributed by atoms with Gasteiger partial charge in [-0.25, -0.2) is 8.42 Å². The van der Waals surface area contributed by atoms with Crippen LogP contribution in [0.25, 0.3) is 0 Å². The number of rotatable bonds is 6. The first-order chi connectivity index (χ1) is 14.4. The van der Waals surface area contributed by atoms with E-state index in [0.29, 0.717) is 38.4 Å². The lowest BCUT2D eigenvalue weighted by molar-refractivity contribution is -0.136. The molecule has 1 saturated heterocycles. The predicted molar refractivity (Wildman–Crippen MR) is 116 cm³/mol. The maximum atomic E-state index is 12.6. The Morgan fingerprint density at radius 2 is 1.60 bits per heavy atom. The number of hydrogen-bond acceptors (Lipinski definition) is 5. The molecule has 2 amide bonds. The molecule has 1 aliphatic heterocycles. The molecule has 3 rings (SSSR count). The lowest BCUT2D eigenvalue weighted by atomic mass is 10.1. The lowest BCUT2D eigenvalue weighted by Gasteiger charge is -2.26. The van der Waals surface area contributed by atoms with Crippen molar-refractivity contribution in [1.82, 2.24) is 9.62 Å². The van der Waals surface area contributed by atoms with Crippen LogP contribution in [0.3, 0.4) is 0 Å². The third-order valence-corrected chi connectivity index (χ3v) is 6.98. The molecule has 0 aromatic heterocycles. The molecular weight excluding hydrogens is 474 g/mol. The van der Waals surface area contributed by atoms with Gasteiger partial charge in [0.15, 0.2) is 0 Å². The maximum absolute atomic E-state index is 12.6. The van der Waals surface area contributed by atoms with Gasteiger partial charge < -0.3 is 15.4 Å². The van der Waals surface area contributed by atoms with E-state index in [-0.39, 0.29) is 11.4 Å². The molecule has 10 heteroatoms. The Labute approximate surface area is 183 Å². The van der Waals surface area contributed by atoms with E-state index in [1.54, 1.807) is 48.5 Å². The molecule has 2 aromatic carbocycles. The Bertz CT molecular complexity index is 988. The fraction of sp³-hybridized carbons (Fsp3) is 0.300. The van der Waals surface area contributed by atoms with Gasteiger partial charge in [-0.1, -0.05) is 28.1 Å². The van der Waals surface area contributed by atoms with Crippen molar-refractivity contribution in [3.63, 3.8) is 0 Å². The van der Waals surface area contributed by atoms with E-state index < -0.39 is 21.8 Å². The Morgan fingerprint density at radius 3 is 2.23 bits per heavy atom. The van der Waals surface area contributed by atoms with Crippen LogP contribution in [-0.4, -0.2) is 57.4 Å². The lowest BCUT2D eigenvalue weighted by Crippen LogP contribution is -2.40. The van der Waals surface area contributed by atoms with Gasteiger partial charge in [-0.15, -0.1) is 0 Å². The van der Waals surface area contributed by atoms with Gasteiger partial charge in [-0.05, 0) is 48.4 Å². The minimum Gasteiger partial charge on any atom is -0.379 e. The summed E-state index contributed by atoms with van der Waals surface area (Å²) in [5.41, 5.74) is 1.37. The highest BCUT2D eigenvalue weighted by Crippen LogP contribution is 2.18. The van der Waals surface area contributed by atoms with Crippen LogP contribution >= 0.6 is 15.9 Å². The number of sulfonamides is 1. The van der Waals surface area contributed by atoms with E-state index in [0.717, 1.165) is 10.0 Å². The average Bonchev–Trinajstić information content (AvgIpc) is 2.76. The highest BCUT2D eigenvalue weighted by Gasteiger charge is 2.26. The van der Waals surface area contributed by atoms with Crippen LogP contribution in [-0.2, 0) is 30.8 Å². The first-order valence-corrected chi connectivity index (χ1v) is 11.6. The summed E-state index contributed by atoms with van der Waals surface area (Å²) < 4.78 is 32.7. The predicted octanol–water partition coefficient (Wildman–Crippen LogP) is 1.77. The molecule has 1 heterocycles. The summed E-state index contributed by atoms with van der Waals surface area (Å²) in [5.74, 6) is -1.48. The number of halogens is 1. The number of amides is 2. The Morgan fingerprint density at radius 1 is 0.967 bits per heavy atom. The van der Waals surface area contributed by atoms with Crippen molar-refractivity contribution < 1.29 is 22.7 Å². The quantitative estimate of drug-likeness (QED) is 0.594. The number of morpholine rings is 1. The number of nitrogens with zero attached hydrogens (tertiary/aromatic N) is 1. The largest absolute Gasteiger partial charge is 0.379 e. The van der Waals surface area contributed by atoms with Crippen LogP contribution in [0.1, 0.15) is 5.56 Å². The molecule has 8 nitrogen and oxygen atoms in total. The van der Waals surface area contributed by atoms with E-state index in [2.05, 4.69) is 26.6 Å². The molecule has 0 radical (unpaired) electrons. The van der Waals surface area contributed by atoms with E-state index >= 15 is 0 Å². The maximum Gasteiger partial charge on any atom is 0.313 e. The number of carbonyl (C=O) groups is 2. The molecule has 0 spiro atoms. The average molecular weight is 496 g/mol. The second-order valence-electron chi connectivity index (χ2n) is 6.63. The molecule has 30 heavy (non-hydrogen) atoms. The molecule has 0 saturated carbocycles. The van der Waals surface area contributed by atoms with Crippen LogP contribution in [0.5, 0.6) is 0 Å². The molecule has 160 valence electrons. The number of anilines is 1. The first kappa shape index (κ1) is 22.4. The van der Waals surface area contributed by atoms with Crippen LogP contribution < -0.4 is 10.6 Å². The van der Waals surface area contributed by atoms with Gasteiger partial charge in [0.25, 0.3) is 0 Å². The first-order valence-electron chi connectivity index (χ1n) is 9.38. The number of hydrogen-bond donors (Lipinski definition) is 2. The smallest absolute Gasteiger partial charge is 0.313 e. The summed E-state index contributed by atoms with van der Waals surface area (Å²) >= 11 is 3.30. The van der Waals surface area contributed by atoms with Crippen LogP contribution in [0.2, 0.25) is 0 Å². The topological polar surface area (TPSA) is 105 Å². The normalized spacial score (nSPS) is 14.8. The van der Waals surface area contributed by atoms with Crippen LogP contribution in [0.4, 0.5) is 5.69 Å². The zero-order valence-electron chi connectivity index (χ0n) is 16.1. The Hall–Kier alpha value is -2.27. The van der Waals surface area contributed by atoms with Crippen molar-refractivity contribution in [2.45, 2.75) is 11.3 Å². The van der Waals surface area contributed by atoms with Crippen LogP contribution in [0, 0.1) is 0 Å². The highest BCUT2D eigenvalue weighted by atomic mass is 79.9. The van der Waals surface area contributed by atoms with Gasteiger partial charge in [-0.3, -0.25) is 9.59 Å². The van der Waals surface area contributed by atoms with E-state index in [4.69, 9.17) is 4.74 Å². The minimum atomic E-state index is -3.53. The van der Waals surface area contributed by atoms with Crippen molar-refractivity contribution in [3.8, 4) is 0 Å². The zero-order valence-corrected chi connectivity index (χ0v) is 18.5. The molecule has 1 fully saturated rings. The third-order valence-electron chi connectivity index (χ3n) is 4.54. The molecule has 2 aromatic rings. The minimum absolute atomic E-state index is 0.228. The summed E-state index contributed by atoms with van der Waals surface area (Å²) in [6, 6.07) is 13.4. The number of nitrogens with one attached hydrogen (secondary N) is 2. The molecular formula is C20H22BrN3O5S. The summed E-state index contributed by atoms with van der Waals surface area (Å²) in [5, 5.41) is 5.08. The van der Waals surface area contributed by atoms with Crippen molar-refractivity contribution >= 4 is 43.5 Å². The van der Waals surface area contributed by atoms with Gasteiger partial charge in [0, 0.05) is 29.8 Å². The summed E-state index contributed by atoms with van der Waals surface area (Å²) in [4.78, 5) is 24.1.